The van der Waals surface area contributed by atoms with Gasteiger partial charge in [0.05, 0.1) is 16.9 Å². The summed E-state index contributed by atoms with van der Waals surface area (Å²) in [5.74, 6) is 1.16. The average molecular weight is 427 g/mol. The van der Waals surface area contributed by atoms with Gasteiger partial charge in [-0.15, -0.1) is 0 Å². The van der Waals surface area contributed by atoms with Crippen LogP contribution in [0.3, 0.4) is 0 Å². The highest BCUT2D eigenvalue weighted by Crippen LogP contribution is 2.25. The molecule has 1 aliphatic heterocycles. The number of fused-ring (bicyclic) bond motifs is 1. The second-order valence-corrected chi connectivity index (χ2v) is 8.60. The van der Waals surface area contributed by atoms with E-state index in [0.29, 0.717) is 18.4 Å². The summed E-state index contributed by atoms with van der Waals surface area (Å²) < 4.78 is 1.88. The summed E-state index contributed by atoms with van der Waals surface area (Å²) in [7, 11) is 0. The van der Waals surface area contributed by atoms with Gasteiger partial charge < -0.3 is 4.90 Å². The molecular weight excluding hydrogens is 388 g/mol. The molecule has 1 amide bonds. The zero-order valence-corrected chi connectivity index (χ0v) is 19.5. The standard InChI is InChI=1S/C25H38N4O2/c1-4-7-8-9-14-23(30)28-18-16-27(17-19-28)22(6-3)24-26-21-13-11-10-12-20(21)25(31)29(24)15-5-2/h10-13,22H,4-9,14-19H2,1-3H3. The zero-order valence-electron chi connectivity index (χ0n) is 19.5. The molecule has 1 aliphatic rings. The third kappa shape index (κ3) is 5.53. The first-order valence-corrected chi connectivity index (χ1v) is 12.1. The molecule has 0 aliphatic carbocycles. The second kappa shape index (κ2) is 11.4. The minimum absolute atomic E-state index is 0.0572. The summed E-state index contributed by atoms with van der Waals surface area (Å²) in [6.45, 7) is 10.3. The van der Waals surface area contributed by atoms with Gasteiger partial charge in [0, 0.05) is 39.1 Å². The number of aromatic nitrogens is 2. The van der Waals surface area contributed by atoms with Crippen LogP contribution in [-0.2, 0) is 11.3 Å². The van der Waals surface area contributed by atoms with Crippen LogP contribution >= 0.6 is 0 Å². The van der Waals surface area contributed by atoms with Crippen LogP contribution in [0.2, 0.25) is 0 Å². The van der Waals surface area contributed by atoms with Crippen LogP contribution in [0.25, 0.3) is 10.9 Å². The van der Waals surface area contributed by atoms with Crippen LogP contribution in [0.15, 0.2) is 29.1 Å². The molecule has 2 aromatic rings. The molecule has 0 radical (unpaired) electrons. The van der Waals surface area contributed by atoms with Crippen molar-refractivity contribution in [1.82, 2.24) is 19.4 Å². The Morgan fingerprint density at radius 2 is 1.74 bits per heavy atom. The number of carbonyl (C=O) groups is 1. The highest BCUT2D eigenvalue weighted by Gasteiger charge is 2.29. The number of rotatable bonds is 10. The van der Waals surface area contributed by atoms with E-state index in [1.165, 1.54) is 12.8 Å². The predicted octanol–water partition coefficient (Wildman–Crippen LogP) is 4.37. The van der Waals surface area contributed by atoms with Crippen LogP contribution in [0.5, 0.6) is 0 Å². The molecule has 1 atom stereocenters. The lowest BCUT2D eigenvalue weighted by Crippen LogP contribution is -2.50. The van der Waals surface area contributed by atoms with Crippen molar-refractivity contribution in [3.63, 3.8) is 0 Å². The Kier molecular flexibility index (Phi) is 8.64. The summed E-state index contributed by atoms with van der Waals surface area (Å²) in [6.07, 6.45) is 6.98. The molecule has 31 heavy (non-hydrogen) atoms. The molecule has 2 heterocycles. The maximum Gasteiger partial charge on any atom is 0.261 e. The maximum atomic E-state index is 13.2. The van der Waals surface area contributed by atoms with Gasteiger partial charge in [-0.05, 0) is 31.4 Å². The topological polar surface area (TPSA) is 58.4 Å². The van der Waals surface area contributed by atoms with Gasteiger partial charge in [0.25, 0.3) is 5.56 Å². The fourth-order valence-electron chi connectivity index (χ4n) is 4.63. The number of carbonyl (C=O) groups excluding carboxylic acids is 1. The number of amides is 1. The molecule has 1 saturated heterocycles. The van der Waals surface area contributed by atoms with Gasteiger partial charge in [-0.25, -0.2) is 4.98 Å². The lowest BCUT2D eigenvalue weighted by Gasteiger charge is -2.39. The quantitative estimate of drug-likeness (QED) is 0.529. The third-order valence-corrected chi connectivity index (χ3v) is 6.38. The Balaban J connectivity index is 1.74. The Morgan fingerprint density at radius 1 is 1.00 bits per heavy atom. The van der Waals surface area contributed by atoms with E-state index in [9.17, 15) is 9.59 Å². The number of hydrogen-bond acceptors (Lipinski definition) is 4. The molecule has 0 saturated carbocycles. The van der Waals surface area contributed by atoms with Crippen LogP contribution in [0.1, 0.15) is 77.6 Å². The van der Waals surface area contributed by atoms with Crippen LogP contribution in [-0.4, -0.2) is 51.4 Å². The molecule has 3 rings (SSSR count). The largest absolute Gasteiger partial charge is 0.340 e. The minimum atomic E-state index is 0.0572. The lowest BCUT2D eigenvalue weighted by molar-refractivity contribution is -0.133. The lowest BCUT2D eigenvalue weighted by atomic mass is 10.1. The average Bonchev–Trinajstić information content (AvgIpc) is 2.80. The molecule has 1 aromatic heterocycles. The molecule has 170 valence electrons. The van der Waals surface area contributed by atoms with Crippen molar-refractivity contribution in [3.05, 3.63) is 40.4 Å². The van der Waals surface area contributed by atoms with Gasteiger partial charge in [0.2, 0.25) is 5.91 Å². The van der Waals surface area contributed by atoms with Crippen LogP contribution in [0, 0.1) is 0 Å². The summed E-state index contributed by atoms with van der Waals surface area (Å²) >= 11 is 0. The van der Waals surface area contributed by atoms with Crippen molar-refractivity contribution >= 4 is 16.8 Å². The fourth-order valence-corrected chi connectivity index (χ4v) is 4.63. The van der Waals surface area contributed by atoms with Crippen molar-refractivity contribution in [1.29, 1.82) is 0 Å². The number of benzene rings is 1. The number of para-hydroxylation sites is 1. The molecule has 1 fully saturated rings. The Bertz CT molecular complexity index is 915. The van der Waals surface area contributed by atoms with E-state index in [1.807, 2.05) is 33.7 Å². The van der Waals surface area contributed by atoms with Gasteiger partial charge in [-0.1, -0.05) is 52.2 Å². The maximum absolute atomic E-state index is 13.2. The smallest absolute Gasteiger partial charge is 0.261 e. The van der Waals surface area contributed by atoms with Gasteiger partial charge in [-0.3, -0.25) is 19.1 Å². The number of nitrogens with zero attached hydrogens (tertiary/aromatic N) is 4. The molecule has 1 aromatic carbocycles. The second-order valence-electron chi connectivity index (χ2n) is 8.60. The van der Waals surface area contributed by atoms with Gasteiger partial charge >= 0.3 is 0 Å². The third-order valence-electron chi connectivity index (χ3n) is 6.38. The highest BCUT2D eigenvalue weighted by atomic mass is 16.2. The molecule has 0 bridgehead atoms. The fraction of sp³-hybridized carbons (Fsp3) is 0.640. The Labute approximate surface area is 186 Å². The van der Waals surface area contributed by atoms with E-state index in [1.54, 1.807) is 0 Å². The normalized spacial score (nSPS) is 16.0. The van der Waals surface area contributed by atoms with Crippen molar-refractivity contribution < 1.29 is 4.79 Å². The molecule has 1 unspecified atom stereocenters. The van der Waals surface area contributed by atoms with Crippen molar-refractivity contribution in [3.8, 4) is 0 Å². The van der Waals surface area contributed by atoms with E-state index in [4.69, 9.17) is 4.98 Å². The molecule has 6 heteroatoms. The monoisotopic (exact) mass is 426 g/mol. The summed E-state index contributed by atoms with van der Waals surface area (Å²) in [6, 6.07) is 7.72. The van der Waals surface area contributed by atoms with Crippen molar-refractivity contribution in [2.75, 3.05) is 26.2 Å². The predicted molar refractivity (Wildman–Crippen MR) is 126 cm³/mol. The molecule has 6 nitrogen and oxygen atoms in total. The number of hydrogen-bond donors (Lipinski definition) is 0. The number of piperazine rings is 1. The van der Waals surface area contributed by atoms with Gasteiger partial charge in [0.1, 0.15) is 5.82 Å². The Morgan fingerprint density at radius 3 is 2.42 bits per heavy atom. The highest BCUT2D eigenvalue weighted by molar-refractivity contribution is 5.77. The number of unbranched alkanes of at least 4 members (excludes halogenated alkanes) is 3. The zero-order chi connectivity index (χ0) is 22.2. The first-order chi connectivity index (χ1) is 15.1. The summed E-state index contributed by atoms with van der Waals surface area (Å²) in [5, 5.41) is 0.688. The first kappa shape index (κ1) is 23.5. The first-order valence-electron chi connectivity index (χ1n) is 12.1. The Hall–Kier alpha value is -2.21. The van der Waals surface area contributed by atoms with Crippen LogP contribution < -0.4 is 5.56 Å². The van der Waals surface area contributed by atoms with E-state index in [0.717, 1.165) is 63.2 Å². The van der Waals surface area contributed by atoms with Crippen molar-refractivity contribution in [2.24, 2.45) is 0 Å². The molecule has 0 N–H and O–H groups in total. The van der Waals surface area contributed by atoms with Crippen LogP contribution in [0.4, 0.5) is 0 Å². The molecular formula is C25H38N4O2. The van der Waals surface area contributed by atoms with Gasteiger partial charge in [0.15, 0.2) is 0 Å². The van der Waals surface area contributed by atoms with E-state index in [2.05, 4.69) is 25.7 Å². The minimum Gasteiger partial charge on any atom is -0.340 e. The van der Waals surface area contributed by atoms with E-state index >= 15 is 0 Å². The van der Waals surface area contributed by atoms with E-state index < -0.39 is 0 Å². The van der Waals surface area contributed by atoms with E-state index in [-0.39, 0.29) is 17.5 Å². The SMILES string of the molecule is CCCCCCC(=O)N1CCN(C(CC)c2nc3ccccc3c(=O)n2CCC)CC1. The van der Waals surface area contributed by atoms with Crippen molar-refractivity contribution in [2.45, 2.75) is 78.3 Å². The summed E-state index contributed by atoms with van der Waals surface area (Å²) in [5.41, 5.74) is 0.830. The summed E-state index contributed by atoms with van der Waals surface area (Å²) in [4.78, 5) is 35.1. The molecule has 0 spiro atoms. The van der Waals surface area contributed by atoms with Gasteiger partial charge in [-0.2, -0.15) is 0 Å².